The lowest BCUT2D eigenvalue weighted by molar-refractivity contribution is -0.116. The van der Waals surface area contributed by atoms with Gasteiger partial charge in [-0.05, 0) is 42.7 Å². The second-order valence-electron chi connectivity index (χ2n) is 6.82. The van der Waals surface area contributed by atoms with Gasteiger partial charge in [-0.25, -0.2) is 4.79 Å². The van der Waals surface area contributed by atoms with E-state index in [9.17, 15) is 9.59 Å². The number of carbonyl (C=O) groups is 2. The van der Waals surface area contributed by atoms with E-state index in [1.165, 1.54) is 0 Å². The number of nitrogens with two attached hydrogens (primary N) is 1. The largest absolute Gasteiger partial charge is 0.376 e. The van der Waals surface area contributed by atoms with Crippen LogP contribution in [0.3, 0.4) is 0 Å². The fourth-order valence-electron chi connectivity index (χ4n) is 3.05. The van der Waals surface area contributed by atoms with Crippen molar-refractivity contribution in [2.75, 3.05) is 23.8 Å². The van der Waals surface area contributed by atoms with Crippen molar-refractivity contribution >= 4 is 35.7 Å². The van der Waals surface area contributed by atoms with E-state index >= 15 is 0 Å². The van der Waals surface area contributed by atoms with Gasteiger partial charge in [-0.15, -0.1) is 12.4 Å². The first kappa shape index (κ1) is 22.7. The highest BCUT2D eigenvalue weighted by Gasteiger charge is 2.16. The minimum Gasteiger partial charge on any atom is -0.376 e. The van der Waals surface area contributed by atoms with Gasteiger partial charge in [-0.1, -0.05) is 30.3 Å². The summed E-state index contributed by atoms with van der Waals surface area (Å²) in [6.07, 6.45) is 2.31. The third-order valence-corrected chi connectivity index (χ3v) is 4.57. The van der Waals surface area contributed by atoms with E-state index < -0.39 is 0 Å². The molecule has 1 aliphatic rings. The molecule has 2 aromatic rings. The highest BCUT2D eigenvalue weighted by molar-refractivity contribution is 5.92. The number of hydrogen-bond donors (Lipinski definition) is 4. The summed E-state index contributed by atoms with van der Waals surface area (Å²) in [6, 6.07) is 15.8. The van der Waals surface area contributed by atoms with E-state index in [4.69, 9.17) is 10.5 Å². The van der Waals surface area contributed by atoms with Gasteiger partial charge in [-0.3, -0.25) is 4.79 Å². The van der Waals surface area contributed by atoms with Gasteiger partial charge in [0.05, 0.1) is 6.10 Å². The first-order valence-corrected chi connectivity index (χ1v) is 9.47. The molecule has 3 rings (SSSR count). The van der Waals surface area contributed by atoms with Crippen molar-refractivity contribution in [1.82, 2.24) is 5.32 Å². The molecule has 1 saturated heterocycles. The average molecular weight is 419 g/mol. The van der Waals surface area contributed by atoms with Crippen molar-refractivity contribution < 1.29 is 14.3 Å². The third-order valence-electron chi connectivity index (χ3n) is 4.57. The Bertz CT molecular complexity index is 780. The molecule has 156 valence electrons. The van der Waals surface area contributed by atoms with E-state index in [-0.39, 0.29) is 42.9 Å². The fraction of sp³-hybridized carbons (Fsp3) is 0.333. The number of benzene rings is 2. The summed E-state index contributed by atoms with van der Waals surface area (Å²) in [5.41, 5.74) is 8.29. The van der Waals surface area contributed by atoms with E-state index in [0.717, 1.165) is 25.0 Å². The van der Waals surface area contributed by atoms with E-state index in [1.54, 1.807) is 24.3 Å². The van der Waals surface area contributed by atoms with Crippen LogP contribution in [0.25, 0.3) is 0 Å². The zero-order valence-electron chi connectivity index (χ0n) is 16.1. The van der Waals surface area contributed by atoms with Gasteiger partial charge in [0.2, 0.25) is 5.91 Å². The molecule has 5 N–H and O–H groups in total. The fourth-order valence-corrected chi connectivity index (χ4v) is 3.05. The molecule has 0 spiro atoms. The normalized spacial score (nSPS) is 16.4. The van der Waals surface area contributed by atoms with Crippen LogP contribution >= 0.6 is 12.4 Å². The van der Waals surface area contributed by atoms with Crippen LogP contribution in [0.2, 0.25) is 0 Å². The maximum atomic E-state index is 12.2. The van der Waals surface area contributed by atoms with Gasteiger partial charge in [0.25, 0.3) is 0 Å². The standard InChI is InChI=1S/C21H26N4O3.ClH/c22-19(15-5-2-1-3-6-15)13-20(26)24-16-8-10-17(11-9-16)25-21(27)23-14-18-7-4-12-28-18;/h1-3,5-6,8-11,18-19H,4,7,12-14,22H2,(H,24,26)(H2,23,25,27);1H. The van der Waals surface area contributed by atoms with Crippen LogP contribution in [0.15, 0.2) is 54.6 Å². The smallest absolute Gasteiger partial charge is 0.319 e. The summed E-state index contributed by atoms with van der Waals surface area (Å²) >= 11 is 0. The van der Waals surface area contributed by atoms with Crippen LogP contribution in [0.1, 0.15) is 30.9 Å². The summed E-state index contributed by atoms with van der Waals surface area (Å²) in [6.45, 7) is 1.26. The first-order chi connectivity index (χ1) is 13.6. The molecule has 0 bridgehead atoms. The molecule has 0 aromatic heterocycles. The second-order valence-corrected chi connectivity index (χ2v) is 6.82. The SMILES string of the molecule is Cl.NC(CC(=O)Nc1ccc(NC(=O)NCC2CCCO2)cc1)c1ccccc1. The van der Waals surface area contributed by atoms with Crippen molar-refractivity contribution in [2.24, 2.45) is 5.73 Å². The maximum absolute atomic E-state index is 12.2. The van der Waals surface area contributed by atoms with Gasteiger partial charge in [0.15, 0.2) is 0 Å². The van der Waals surface area contributed by atoms with Crippen molar-refractivity contribution in [3.8, 4) is 0 Å². The molecule has 2 aromatic carbocycles. The predicted octanol–water partition coefficient (Wildman–Crippen LogP) is 3.44. The molecule has 0 saturated carbocycles. The Balaban J connectivity index is 0.00000300. The number of anilines is 2. The number of hydrogen-bond acceptors (Lipinski definition) is 4. The highest BCUT2D eigenvalue weighted by Crippen LogP contribution is 2.17. The van der Waals surface area contributed by atoms with Crippen LogP contribution in [0.4, 0.5) is 16.2 Å². The molecule has 1 heterocycles. The molecule has 8 heteroatoms. The van der Waals surface area contributed by atoms with Gasteiger partial charge in [0.1, 0.15) is 0 Å². The van der Waals surface area contributed by atoms with Crippen LogP contribution < -0.4 is 21.7 Å². The molecule has 3 amide bonds. The van der Waals surface area contributed by atoms with E-state index in [0.29, 0.717) is 17.9 Å². The van der Waals surface area contributed by atoms with Crippen LogP contribution in [-0.4, -0.2) is 31.2 Å². The average Bonchev–Trinajstić information content (AvgIpc) is 3.22. The molecule has 0 radical (unpaired) electrons. The quantitative estimate of drug-likeness (QED) is 0.552. The minimum atomic E-state index is -0.352. The molecular weight excluding hydrogens is 392 g/mol. The summed E-state index contributed by atoms with van der Waals surface area (Å²) in [5.74, 6) is -0.161. The number of nitrogens with one attached hydrogen (secondary N) is 3. The molecule has 2 unspecified atom stereocenters. The third kappa shape index (κ3) is 7.38. The summed E-state index contributed by atoms with van der Waals surface area (Å²) < 4.78 is 5.47. The summed E-state index contributed by atoms with van der Waals surface area (Å²) in [7, 11) is 0. The Hall–Kier alpha value is -2.61. The Morgan fingerprint density at radius 1 is 1.03 bits per heavy atom. The van der Waals surface area contributed by atoms with Crippen LogP contribution in [-0.2, 0) is 9.53 Å². The summed E-state index contributed by atoms with van der Waals surface area (Å²) in [4.78, 5) is 24.1. The van der Waals surface area contributed by atoms with Crippen molar-refractivity contribution in [3.63, 3.8) is 0 Å². The van der Waals surface area contributed by atoms with E-state index in [2.05, 4.69) is 16.0 Å². The number of carbonyl (C=O) groups excluding carboxylic acids is 2. The number of ether oxygens (including phenoxy) is 1. The molecule has 1 fully saturated rings. The van der Waals surface area contributed by atoms with E-state index in [1.807, 2.05) is 30.3 Å². The topological polar surface area (TPSA) is 105 Å². The Kier molecular flexibility index (Phi) is 8.92. The van der Waals surface area contributed by atoms with Gasteiger partial charge in [0, 0.05) is 37.0 Å². The van der Waals surface area contributed by atoms with Gasteiger partial charge < -0.3 is 26.4 Å². The van der Waals surface area contributed by atoms with Crippen molar-refractivity contribution in [1.29, 1.82) is 0 Å². The van der Waals surface area contributed by atoms with Crippen LogP contribution in [0.5, 0.6) is 0 Å². The second kappa shape index (κ2) is 11.4. The summed E-state index contributed by atoms with van der Waals surface area (Å²) in [5, 5.41) is 8.38. The molecule has 0 aliphatic carbocycles. The Morgan fingerprint density at radius 3 is 2.31 bits per heavy atom. The zero-order valence-corrected chi connectivity index (χ0v) is 16.9. The number of halogens is 1. The number of urea groups is 1. The lowest BCUT2D eigenvalue weighted by Gasteiger charge is -2.13. The Labute approximate surface area is 176 Å². The Morgan fingerprint density at radius 2 is 1.69 bits per heavy atom. The van der Waals surface area contributed by atoms with Crippen molar-refractivity contribution in [2.45, 2.75) is 31.4 Å². The molecule has 2 atom stereocenters. The minimum absolute atomic E-state index is 0. The highest BCUT2D eigenvalue weighted by atomic mass is 35.5. The lowest BCUT2D eigenvalue weighted by atomic mass is 10.0. The van der Waals surface area contributed by atoms with Gasteiger partial charge >= 0.3 is 6.03 Å². The maximum Gasteiger partial charge on any atom is 0.319 e. The number of rotatable bonds is 7. The molecular formula is C21H27ClN4O3. The number of amides is 3. The molecule has 1 aliphatic heterocycles. The first-order valence-electron chi connectivity index (χ1n) is 9.47. The van der Waals surface area contributed by atoms with Crippen molar-refractivity contribution in [3.05, 3.63) is 60.2 Å². The van der Waals surface area contributed by atoms with Crippen LogP contribution in [0, 0.1) is 0 Å². The monoisotopic (exact) mass is 418 g/mol. The molecule has 29 heavy (non-hydrogen) atoms. The van der Waals surface area contributed by atoms with Gasteiger partial charge in [-0.2, -0.15) is 0 Å². The lowest BCUT2D eigenvalue weighted by Crippen LogP contribution is -2.35. The predicted molar refractivity (Wildman–Crippen MR) is 116 cm³/mol. The zero-order chi connectivity index (χ0) is 19.8. The molecule has 7 nitrogen and oxygen atoms in total.